The van der Waals surface area contributed by atoms with Crippen LogP contribution in [0.5, 0.6) is 0 Å². The van der Waals surface area contributed by atoms with Gasteiger partial charge in [0.2, 0.25) is 0 Å². The normalized spacial score (nSPS) is 25.8. The van der Waals surface area contributed by atoms with Gasteiger partial charge in [-0.3, -0.25) is 4.79 Å². The highest BCUT2D eigenvalue weighted by molar-refractivity contribution is 9.11. The lowest BCUT2D eigenvalue weighted by molar-refractivity contribution is -0.145. The summed E-state index contributed by atoms with van der Waals surface area (Å²) in [4.78, 5) is 12.0. The minimum atomic E-state index is -0.825. The number of hydrogen-bond acceptors (Lipinski definition) is 3. The zero-order valence-electron chi connectivity index (χ0n) is 9.04. The van der Waals surface area contributed by atoms with Crippen molar-refractivity contribution in [2.24, 2.45) is 11.8 Å². The largest absolute Gasteiger partial charge is 0.481 e. The number of aliphatic hydroxyl groups excluding tert-OH is 1. The van der Waals surface area contributed by atoms with E-state index < -0.39 is 18.0 Å². The summed E-state index contributed by atoms with van der Waals surface area (Å²) in [6.07, 6.45) is 4.26. The van der Waals surface area contributed by atoms with Gasteiger partial charge in [-0.15, -0.1) is 11.3 Å². The number of halogens is 1. The molecule has 3 nitrogen and oxygen atoms in total. The summed E-state index contributed by atoms with van der Waals surface area (Å²) in [7, 11) is 0. The summed E-state index contributed by atoms with van der Waals surface area (Å²) in [5, 5.41) is 19.4. The van der Waals surface area contributed by atoms with Crippen molar-refractivity contribution in [2.45, 2.75) is 18.9 Å². The fourth-order valence-corrected chi connectivity index (χ4v) is 3.65. The minimum absolute atomic E-state index is 0.233. The third kappa shape index (κ3) is 2.78. The Morgan fingerprint density at radius 3 is 2.71 bits per heavy atom. The van der Waals surface area contributed by atoms with Crippen molar-refractivity contribution in [3.63, 3.8) is 0 Å². The topological polar surface area (TPSA) is 57.5 Å². The number of carboxylic acids is 1. The standard InChI is InChI=1S/C12H13BrO3S/c13-10-6-5-9(17-10)11(14)7-3-1-2-4-8(7)12(15)16/h1-2,5-8,11,14H,3-4H2,(H,15,16). The molecule has 0 saturated carbocycles. The number of allylic oxidation sites excluding steroid dienone is 2. The van der Waals surface area contributed by atoms with Gasteiger partial charge >= 0.3 is 5.97 Å². The summed E-state index contributed by atoms with van der Waals surface area (Å²) in [6.45, 7) is 0. The molecule has 17 heavy (non-hydrogen) atoms. The van der Waals surface area contributed by atoms with Gasteiger partial charge in [-0.05, 0) is 40.9 Å². The van der Waals surface area contributed by atoms with E-state index in [9.17, 15) is 9.90 Å². The number of aliphatic hydroxyl groups is 1. The third-order valence-electron chi connectivity index (χ3n) is 3.09. The second-order valence-electron chi connectivity index (χ2n) is 4.14. The molecule has 0 aliphatic heterocycles. The number of thiophene rings is 1. The van der Waals surface area contributed by atoms with E-state index >= 15 is 0 Å². The molecule has 92 valence electrons. The van der Waals surface area contributed by atoms with Crippen LogP contribution in [0, 0.1) is 11.8 Å². The van der Waals surface area contributed by atoms with Crippen LogP contribution in [0.3, 0.4) is 0 Å². The van der Waals surface area contributed by atoms with Crippen molar-refractivity contribution in [2.75, 3.05) is 0 Å². The highest BCUT2D eigenvalue weighted by Gasteiger charge is 2.34. The highest BCUT2D eigenvalue weighted by Crippen LogP contribution is 2.39. The van der Waals surface area contributed by atoms with Crippen molar-refractivity contribution < 1.29 is 15.0 Å². The Morgan fingerprint density at radius 2 is 2.12 bits per heavy atom. The Labute approximate surface area is 112 Å². The first-order valence-electron chi connectivity index (χ1n) is 5.40. The SMILES string of the molecule is O=C(O)C1CC=CCC1C(O)c1ccc(Br)s1. The predicted octanol–water partition coefficient (Wildman–Crippen LogP) is 3.21. The fourth-order valence-electron chi connectivity index (χ4n) is 2.17. The number of rotatable bonds is 3. The lowest BCUT2D eigenvalue weighted by atomic mass is 9.79. The molecule has 0 radical (unpaired) electrons. The maximum atomic E-state index is 11.2. The first kappa shape index (κ1) is 12.8. The van der Waals surface area contributed by atoms with Crippen molar-refractivity contribution >= 4 is 33.2 Å². The van der Waals surface area contributed by atoms with Crippen LogP contribution in [0.1, 0.15) is 23.8 Å². The molecule has 3 atom stereocenters. The van der Waals surface area contributed by atoms with Crippen molar-refractivity contribution in [1.29, 1.82) is 0 Å². The molecule has 1 aromatic rings. The number of carbonyl (C=O) groups is 1. The van der Waals surface area contributed by atoms with E-state index in [-0.39, 0.29) is 5.92 Å². The first-order chi connectivity index (χ1) is 8.09. The van der Waals surface area contributed by atoms with Gasteiger partial charge in [-0.25, -0.2) is 0 Å². The third-order valence-corrected chi connectivity index (χ3v) is 4.78. The molecule has 0 saturated heterocycles. The van der Waals surface area contributed by atoms with Gasteiger partial charge in [-0.2, -0.15) is 0 Å². The molecule has 0 fully saturated rings. The summed E-state index contributed by atoms with van der Waals surface area (Å²) in [6, 6.07) is 3.72. The van der Waals surface area contributed by atoms with E-state index in [0.29, 0.717) is 12.8 Å². The molecule has 0 amide bonds. The van der Waals surface area contributed by atoms with Crippen LogP contribution >= 0.6 is 27.3 Å². The molecule has 0 bridgehead atoms. The second-order valence-corrected chi connectivity index (χ2v) is 6.63. The van der Waals surface area contributed by atoms with Crippen LogP contribution < -0.4 is 0 Å². The van der Waals surface area contributed by atoms with Gasteiger partial charge in [0.15, 0.2) is 0 Å². The lowest BCUT2D eigenvalue weighted by Gasteiger charge is -2.28. The number of carboxylic acid groups (broad SMARTS) is 1. The fraction of sp³-hybridized carbons (Fsp3) is 0.417. The predicted molar refractivity (Wildman–Crippen MR) is 70.0 cm³/mol. The average Bonchev–Trinajstić information content (AvgIpc) is 2.75. The molecule has 3 unspecified atom stereocenters. The van der Waals surface area contributed by atoms with E-state index in [4.69, 9.17) is 5.11 Å². The van der Waals surface area contributed by atoms with Crippen LogP contribution in [-0.4, -0.2) is 16.2 Å². The molecule has 1 aromatic heterocycles. The quantitative estimate of drug-likeness (QED) is 0.842. The number of aliphatic carboxylic acids is 1. The molecule has 0 aromatic carbocycles. The lowest BCUT2D eigenvalue weighted by Crippen LogP contribution is -2.29. The minimum Gasteiger partial charge on any atom is -0.481 e. The molecule has 1 heterocycles. The van der Waals surface area contributed by atoms with Crippen LogP contribution in [0.15, 0.2) is 28.1 Å². The Morgan fingerprint density at radius 1 is 1.41 bits per heavy atom. The Kier molecular flexibility index (Phi) is 4.01. The monoisotopic (exact) mass is 316 g/mol. The zero-order valence-corrected chi connectivity index (χ0v) is 11.4. The van der Waals surface area contributed by atoms with Crippen LogP contribution in [0.25, 0.3) is 0 Å². The van der Waals surface area contributed by atoms with Crippen LogP contribution in [0.4, 0.5) is 0 Å². The van der Waals surface area contributed by atoms with Gasteiger partial charge in [0.1, 0.15) is 0 Å². The first-order valence-corrected chi connectivity index (χ1v) is 7.01. The van der Waals surface area contributed by atoms with Gasteiger partial charge in [-0.1, -0.05) is 12.2 Å². The van der Waals surface area contributed by atoms with Crippen LogP contribution in [-0.2, 0) is 4.79 Å². The van der Waals surface area contributed by atoms with Gasteiger partial charge < -0.3 is 10.2 Å². The second kappa shape index (κ2) is 5.33. The average molecular weight is 317 g/mol. The molecular formula is C12H13BrO3S. The number of hydrogen-bond donors (Lipinski definition) is 2. The molecule has 2 N–H and O–H groups in total. The molecule has 5 heteroatoms. The van der Waals surface area contributed by atoms with Crippen molar-refractivity contribution in [3.8, 4) is 0 Å². The molecular weight excluding hydrogens is 304 g/mol. The van der Waals surface area contributed by atoms with Crippen LogP contribution in [0.2, 0.25) is 0 Å². The Balaban J connectivity index is 2.20. The highest BCUT2D eigenvalue weighted by atomic mass is 79.9. The molecule has 1 aliphatic rings. The van der Waals surface area contributed by atoms with Gasteiger partial charge in [0.25, 0.3) is 0 Å². The van der Waals surface area contributed by atoms with E-state index in [1.807, 2.05) is 24.3 Å². The Hall–Kier alpha value is -0.650. The van der Waals surface area contributed by atoms with Crippen molar-refractivity contribution in [3.05, 3.63) is 32.9 Å². The summed E-state index contributed by atoms with van der Waals surface area (Å²) >= 11 is 4.80. The Bertz CT molecular complexity index is 441. The summed E-state index contributed by atoms with van der Waals surface area (Å²) in [5.74, 6) is -1.55. The maximum absolute atomic E-state index is 11.2. The van der Waals surface area contributed by atoms with E-state index in [1.54, 1.807) is 0 Å². The van der Waals surface area contributed by atoms with Gasteiger partial charge in [0.05, 0.1) is 15.8 Å². The van der Waals surface area contributed by atoms with Gasteiger partial charge in [0, 0.05) is 10.8 Å². The molecule has 0 spiro atoms. The van der Waals surface area contributed by atoms with E-state index in [1.165, 1.54) is 11.3 Å². The smallest absolute Gasteiger partial charge is 0.307 e. The van der Waals surface area contributed by atoms with Crippen molar-refractivity contribution in [1.82, 2.24) is 0 Å². The molecule has 1 aliphatic carbocycles. The molecule has 2 rings (SSSR count). The summed E-state index contributed by atoms with van der Waals surface area (Å²) in [5.41, 5.74) is 0. The summed E-state index contributed by atoms with van der Waals surface area (Å²) < 4.78 is 0.949. The maximum Gasteiger partial charge on any atom is 0.307 e. The van der Waals surface area contributed by atoms with E-state index in [0.717, 1.165) is 8.66 Å². The zero-order chi connectivity index (χ0) is 12.4. The van der Waals surface area contributed by atoms with E-state index in [2.05, 4.69) is 15.9 Å².